The van der Waals surface area contributed by atoms with Crippen LogP contribution in [0.25, 0.3) is 0 Å². The summed E-state index contributed by atoms with van der Waals surface area (Å²) < 4.78 is 0. The van der Waals surface area contributed by atoms with E-state index in [1.807, 2.05) is 18.2 Å². The maximum Gasteiger partial charge on any atom is 0.229 e. The Balaban J connectivity index is 1.57. The van der Waals surface area contributed by atoms with Gasteiger partial charge in [-0.25, -0.2) is 0 Å². The van der Waals surface area contributed by atoms with Gasteiger partial charge in [0.15, 0.2) is 0 Å². The van der Waals surface area contributed by atoms with E-state index in [4.69, 9.17) is 5.73 Å². The fourth-order valence-corrected chi connectivity index (χ4v) is 3.26. The lowest BCUT2D eigenvalue weighted by Gasteiger charge is -2.20. The van der Waals surface area contributed by atoms with Crippen molar-refractivity contribution in [3.8, 4) is 0 Å². The minimum absolute atomic E-state index is 0.0388. The maximum atomic E-state index is 11.6. The first kappa shape index (κ1) is 14.2. The van der Waals surface area contributed by atoms with E-state index in [1.165, 1.54) is 10.5 Å². The van der Waals surface area contributed by atoms with Gasteiger partial charge < -0.3 is 5.73 Å². The normalized spacial score (nSPS) is 26.8. The second-order valence-corrected chi connectivity index (χ2v) is 5.88. The Morgan fingerprint density at radius 1 is 1.00 bits per heavy atom. The van der Waals surface area contributed by atoms with Gasteiger partial charge in [-0.05, 0) is 5.56 Å². The van der Waals surface area contributed by atoms with Crippen molar-refractivity contribution in [1.29, 1.82) is 0 Å². The first-order chi connectivity index (χ1) is 10.1. The molecule has 0 unspecified atom stereocenters. The van der Waals surface area contributed by atoms with Gasteiger partial charge in [0.1, 0.15) is 0 Å². The smallest absolute Gasteiger partial charge is 0.229 e. The van der Waals surface area contributed by atoms with E-state index in [9.17, 15) is 9.59 Å². The molecule has 0 radical (unpaired) electrons. The Labute approximate surface area is 124 Å². The highest BCUT2D eigenvalue weighted by atomic mass is 16.2. The number of rotatable bonds is 4. The van der Waals surface area contributed by atoms with E-state index in [0.29, 0.717) is 31.8 Å². The molecule has 3 rings (SSSR count). The molecule has 1 aromatic rings. The summed E-state index contributed by atoms with van der Waals surface area (Å²) in [5.74, 6) is 0.252. The van der Waals surface area contributed by atoms with Crippen molar-refractivity contribution in [2.24, 2.45) is 5.73 Å². The van der Waals surface area contributed by atoms with Crippen molar-refractivity contribution < 1.29 is 9.59 Å². The lowest BCUT2D eigenvalue weighted by molar-refractivity contribution is -0.138. The van der Waals surface area contributed by atoms with Gasteiger partial charge in [0.25, 0.3) is 0 Å². The summed E-state index contributed by atoms with van der Waals surface area (Å²) in [6, 6.07) is 10.4. The van der Waals surface area contributed by atoms with Gasteiger partial charge in [-0.15, -0.1) is 0 Å². The molecule has 21 heavy (non-hydrogen) atoms. The molecule has 0 bridgehead atoms. The number of nitrogens with zero attached hydrogens (tertiary/aromatic N) is 2. The molecule has 2 atom stereocenters. The molecule has 2 aliphatic rings. The molecule has 112 valence electrons. The van der Waals surface area contributed by atoms with Gasteiger partial charge in [0, 0.05) is 51.0 Å². The highest BCUT2D eigenvalue weighted by Crippen LogP contribution is 2.26. The number of carbonyl (C=O) groups is 2. The number of carbonyl (C=O) groups excluding carboxylic acids is 2. The molecular weight excluding hydrogens is 266 g/mol. The first-order valence-corrected chi connectivity index (χ1v) is 7.51. The first-order valence-electron chi connectivity index (χ1n) is 7.51. The Hall–Kier alpha value is -1.72. The van der Waals surface area contributed by atoms with Crippen LogP contribution in [0.4, 0.5) is 0 Å². The highest BCUT2D eigenvalue weighted by Gasteiger charge is 2.33. The largest absolute Gasteiger partial charge is 0.326 e. The topological polar surface area (TPSA) is 66.6 Å². The van der Waals surface area contributed by atoms with Gasteiger partial charge in [0.2, 0.25) is 11.8 Å². The average molecular weight is 287 g/mol. The number of nitrogens with two attached hydrogens (primary N) is 1. The molecule has 2 aliphatic heterocycles. The van der Waals surface area contributed by atoms with Crippen molar-refractivity contribution >= 4 is 11.8 Å². The molecule has 2 N–H and O–H groups in total. The number of imide groups is 1. The van der Waals surface area contributed by atoms with Gasteiger partial charge in [-0.2, -0.15) is 0 Å². The van der Waals surface area contributed by atoms with Gasteiger partial charge in [-0.1, -0.05) is 30.3 Å². The summed E-state index contributed by atoms with van der Waals surface area (Å²) in [6.07, 6.45) is 0.732. The Morgan fingerprint density at radius 2 is 1.67 bits per heavy atom. The molecule has 2 saturated heterocycles. The lowest BCUT2D eigenvalue weighted by atomic mass is 9.95. The van der Waals surface area contributed by atoms with Gasteiger partial charge in [0.05, 0.1) is 0 Å². The molecule has 1 aromatic carbocycles. The molecule has 5 heteroatoms. The summed E-state index contributed by atoms with van der Waals surface area (Å²) in [4.78, 5) is 26.8. The SMILES string of the molecule is N[C@@H]1CN(CCN2C(=O)CCC2=O)C[C@H]1c1ccccc1. The van der Waals surface area contributed by atoms with Crippen molar-refractivity contribution in [3.63, 3.8) is 0 Å². The third-order valence-electron chi connectivity index (χ3n) is 4.46. The highest BCUT2D eigenvalue weighted by molar-refractivity contribution is 6.01. The number of hydrogen-bond acceptors (Lipinski definition) is 4. The Bertz CT molecular complexity index is 516. The van der Waals surface area contributed by atoms with E-state index >= 15 is 0 Å². The van der Waals surface area contributed by atoms with Crippen LogP contribution in [0.2, 0.25) is 0 Å². The van der Waals surface area contributed by atoms with Crippen LogP contribution < -0.4 is 5.73 Å². The molecule has 0 saturated carbocycles. The summed E-state index contributed by atoms with van der Waals surface area (Å²) in [6.45, 7) is 2.91. The summed E-state index contributed by atoms with van der Waals surface area (Å²) in [5, 5.41) is 0. The van der Waals surface area contributed by atoms with Crippen LogP contribution in [0, 0.1) is 0 Å². The van der Waals surface area contributed by atoms with E-state index < -0.39 is 0 Å². The Morgan fingerprint density at radius 3 is 2.33 bits per heavy atom. The third kappa shape index (κ3) is 2.99. The van der Waals surface area contributed by atoms with Crippen molar-refractivity contribution in [2.75, 3.05) is 26.2 Å². The fourth-order valence-electron chi connectivity index (χ4n) is 3.26. The van der Waals surface area contributed by atoms with Gasteiger partial charge in [-0.3, -0.25) is 19.4 Å². The minimum atomic E-state index is -0.0388. The van der Waals surface area contributed by atoms with E-state index in [-0.39, 0.29) is 17.9 Å². The van der Waals surface area contributed by atoms with Crippen molar-refractivity contribution in [3.05, 3.63) is 35.9 Å². The fraction of sp³-hybridized carbons (Fsp3) is 0.500. The zero-order chi connectivity index (χ0) is 14.8. The zero-order valence-corrected chi connectivity index (χ0v) is 12.1. The number of benzene rings is 1. The van der Waals surface area contributed by atoms with Crippen molar-refractivity contribution in [1.82, 2.24) is 9.80 Å². The number of likely N-dealkylation sites (tertiary alicyclic amines) is 2. The lowest BCUT2D eigenvalue weighted by Crippen LogP contribution is -2.38. The summed E-state index contributed by atoms with van der Waals surface area (Å²) >= 11 is 0. The molecule has 2 fully saturated rings. The van der Waals surface area contributed by atoms with Crippen LogP contribution in [0.5, 0.6) is 0 Å². The summed E-state index contributed by atoms with van der Waals surface area (Å²) in [7, 11) is 0. The minimum Gasteiger partial charge on any atom is -0.326 e. The predicted molar refractivity (Wildman–Crippen MR) is 79.6 cm³/mol. The third-order valence-corrected chi connectivity index (χ3v) is 4.46. The quantitative estimate of drug-likeness (QED) is 0.822. The van der Waals surface area contributed by atoms with E-state index in [2.05, 4.69) is 17.0 Å². The monoisotopic (exact) mass is 287 g/mol. The van der Waals surface area contributed by atoms with Crippen LogP contribution in [0.1, 0.15) is 24.3 Å². The molecule has 5 nitrogen and oxygen atoms in total. The summed E-state index contributed by atoms with van der Waals surface area (Å²) in [5.41, 5.74) is 7.52. The molecule has 2 amide bonds. The molecule has 0 spiro atoms. The van der Waals surface area contributed by atoms with Crippen molar-refractivity contribution in [2.45, 2.75) is 24.8 Å². The molecule has 0 aromatic heterocycles. The standard InChI is InChI=1S/C16H21N3O2/c17-14-11-18(8-9-19-15(20)6-7-16(19)21)10-13(14)12-4-2-1-3-5-12/h1-5,13-14H,6-11,17H2/t13-,14+/m0/s1. The molecule has 2 heterocycles. The zero-order valence-electron chi connectivity index (χ0n) is 12.1. The maximum absolute atomic E-state index is 11.6. The van der Waals surface area contributed by atoms with E-state index in [1.54, 1.807) is 0 Å². The second-order valence-electron chi connectivity index (χ2n) is 5.88. The molecule has 0 aliphatic carbocycles. The van der Waals surface area contributed by atoms with Crippen LogP contribution in [-0.4, -0.2) is 53.8 Å². The number of amides is 2. The Kier molecular flexibility index (Phi) is 4.03. The van der Waals surface area contributed by atoms with Crippen LogP contribution in [-0.2, 0) is 9.59 Å². The molecular formula is C16H21N3O2. The van der Waals surface area contributed by atoms with Gasteiger partial charge >= 0.3 is 0 Å². The number of hydrogen-bond donors (Lipinski definition) is 1. The second kappa shape index (κ2) is 5.95. The average Bonchev–Trinajstić information content (AvgIpc) is 3.01. The van der Waals surface area contributed by atoms with Crippen LogP contribution in [0.3, 0.4) is 0 Å². The van der Waals surface area contributed by atoms with Crippen LogP contribution in [0.15, 0.2) is 30.3 Å². The van der Waals surface area contributed by atoms with E-state index in [0.717, 1.165) is 13.1 Å². The predicted octanol–water partition coefficient (Wildman–Crippen LogP) is 0.562. The van der Waals surface area contributed by atoms with Crippen LogP contribution >= 0.6 is 0 Å².